The van der Waals surface area contributed by atoms with Crippen molar-refractivity contribution in [3.63, 3.8) is 0 Å². The van der Waals surface area contributed by atoms with Gasteiger partial charge in [-0.2, -0.15) is 4.31 Å². The first-order valence-corrected chi connectivity index (χ1v) is 10.3. The van der Waals surface area contributed by atoms with E-state index < -0.39 is 10.0 Å². The molecule has 0 radical (unpaired) electrons. The summed E-state index contributed by atoms with van der Waals surface area (Å²) in [6, 6.07) is 7.06. The smallest absolute Gasteiger partial charge is 0.244 e. The number of rotatable bonds is 4. The Kier molecular flexibility index (Phi) is 5.41. The number of carbonyl (C=O) groups excluding carboxylic acids is 1. The van der Waals surface area contributed by atoms with Gasteiger partial charge in [0.05, 0.1) is 15.6 Å². The Balaban J connectivity index is 1.62. The summed E-state index contributed by atoms with van der Waals surface area (Å²) in [6.45, 7) is 2.59. The lowest BCUT2D eigenvalue weighted by molar-refractivity contribution is -0.120. The molecule has 1 amide bonds. The summed E-state index contributed by atoms with van der Waals surface area (Å²) in [7, 11) is -1.72. The zero-order chi connectivity index (χ0) is 18.9. The number of aryl methyl sites for hydroxylation is 2. The lowest BCUT2D eigenvalue weighted by Crippen LogP contribution is -2.41. The molecule has 1 aromatic heterocycles. The first-order chi connectivity index (χ1) is 12.3. The Hall–Kier alpha value is -1.83. The second kappa shape index (κ2) is 7.42. The van der Waals surface area contributed by atoms with Gasteiger partial charge in [-0.1, -0.05) is 17.7 Å². The van der Waals surface area contributed by atoms with Crippen LogP contribution in [0.5, 0.6) is 0 Å². The van der Waals surface area contributed by atoms with Gasteiger partial charge in [0.25, 0.3) is 0 Å². The van der Waals surface area contributed by atoms with Crippen LogP contribution >= 0.6 is 11.6 Å². The average molecular weight is 396 g/mol. The summed E-state index contributed by atoms with van der Waals surface area (Å²) >= 11 is 6.16. The summed E-state index contributed by atoms with van der Waals surface area (Å²) in [6.07, 6.45) is 4.27. The monoisotopic (exact) mass is 395 g/mol. The molecule has 0 atom stereocenters. The number of carbonyl (C=O) groups is 1. The first kappa shape index (κ1) is 18.9. The molecule has 140 valence electrons. The van der Waals surface area contributed by atoms with Crippen LogP contribution in [0.25, 0.3) is 0 Å². The number of benzene rings is 1. The number of hydrogen-bond acceptors (Lipinski definition) is 3. The third-order valence-electron chi connectivity index (χ3n) is 4.65. The number of sulfonamides is 1. The highest BCUT2D eigenvalue weighted by molar-refractivity contribution is 7.89. The van der Waals surface area contributed by atoms with E-state index in [0.29, 0.717) is 36.6 Å². The van der Waals surface area contributed by atoms with E-state index in [1.54, 1.807) is 42.2 Å². The predicted molar refractivity (Wildman–Crippen MR) is 102 cm³/mol. The third-order valence-corrected chi connectivity index (χ3v) is 6.84. The molecular formula is C18H22ClN3O3S. The number of halogens is 1. The fourth-order valence-electron chi connectivity index (χ4n) is 3.09. The van der Waals surface area contributed by atoms with Gasteiger partial charge in [0.1, 0.15) is 0 Å². The topological polar surface area (TPSA) is 71.4 Å². The largest absolute Gasteiger partial charge is 0.356 e. The van der Waals surface area contributed by atoms with Gasteiger partial charge in [-0.25, -0.2) is 8.42 Å². The molecule has 2 heterocycles. The Morgan fingerprint density at radius 3 is 2.50 bits per heavy atom. The second-order valence-corrected chi connectivity index (χ2v) is 9.01. The zero-order valence-electron chi connectivity index (χ0n) is 14.8. The van der Waals surface area contributed by atoms with Crippen LogP contribution in [0.2, 0.25) is 5.02 Å². The van der Waals surface area contributed by atoms with Crippen LogP contribution in [-0.2, 0) is 21.9 Å². The Labute approximate surface area is 158 Å². The molecule has 6 nitrogen and oxygen atoms in total. The maximum atomic E-state index is 12.6. The number of anilines is 1. The van der Waals surface area contributed by atoms with Crippen molar-refractivity contribution in [3.8, 4) is 0 Å². The highest BCUT2D eigenvalue weighted by Crippen LogP contribution is 2.27. The standard InChI is InChI=1S/C18H22ClN3O3S/c1-13-3-4-17(16(19)11-13)20-18(23)14-5-9-22(10-6-14)26(24,25)15-7-8-21(2)12-15/h3-4,7-8,11-12,14H,5-6,9-10H2,1-2H3,(H,20,23). The van der Waals surface area contributed by atoms with Crippen molar-refractivity contribution in [3.05, 3.63) is 47.2 Å². The van der Waals surface area contributed by atoms with Crippen LogP contribution in [-0.4, -0.2) is 36.3 Å². The molecule has 0 aliphatic carbocycles. The molecule has 0 saturated carbocycles. The summed E-state index contributed by atoms with van der Waals surface area (Å²) in [5.74, 6) is -0.345. The SMILES string of the molecule is Cc1ccc(NC(=O)C2CCN(S(=O)(=O)c3ccn(C)c3)CC2)c(Cl)c1. The minimum atomic E-state index is -3.50. The van der Waals surface area contributed by atoms with E-state index in [0.717, 1.165) is 5.56 Å². The van der Waals surface area contributed by atoms with E-state index in [4.69, 9.17) is 11.6 Å². The summed E-state index contributed by atoms with van der Waals surface area (Å²) in [4.78, 5) is 12.8. The molecule has 1 saturated heterocycles. The fraction of sp³-hybridized carbons (Fsp3) is 0.389. The van der Waals surface area contributed by atoms with Crippen LogP contribution in [0.15, 0.2) is 41.6 Å². The van der Waals surface area contributed by atoms with Gasteiger partial charge >= 0.3 is 0 Å². The molecule has 1 aliphatic heterocycles. The minimum absolute atomic E-state index is 0.118. The van der Waals surface area contributed by atoms with E-state index in [2.05, 4.69) is 5.32 Å². The lowest BCUT2D eigenvalue weighted by Gasteiger charge is -2.30. The molecule has 1 fully saturated rings. The lowest BCUT2D eigenvalue weighted by atomic mass is 9.97. The maximum absolute atomic E-state index is 12.6. The van der Waals surface area contributed by atoms with Crippen LogP contribution in [0.1, 0.15) is 18.4 Å². The van der Waals surface area contributed by atoms with Crippen molar-refractivity contribution in [2.75, 3.05) is 18.4 Å². The van der Waals surface area contributed by atoms with Gasteiger partial charge in [0.15, 0.2) is 0 Å². The van der Waals surface area contributed by atoms with Crippen molar-refractivity contribution in [1.82, 2.24) is 8.87 Å². The maximum Gasteiger partial charge on any atom is 0.244 e. The van der Waals surface area contributed by atoms with Crippen LogP contribution in [0.3, 0.4) is 0 Å². The molecule has 2 aromatic rings. The van der Waals surface area contributed by atoms with E-state index >= 15 is 0 Å². The molecule has 8 heteroatoms. The molecule has 1 aliphatic rings. The zero-order valence-corrected chi connectivity index (χ0v) is 16.3. The number of hydrogen-bond donors (Lipinski definition) is 1. The van der Waals surface area contributed by atoms with Gasteiger partial charge in [0, 0.05) is 38.4 Å². The van der Waals surface area contributed by atoms with Crippen molar-refractivity contribution in [2.45, 2.75) is 24.7 Å². The quantitative estimate of drug-likeness (QED) is 0.864. The second-order valence-electron chi connectivity index (χ2n) is 6.66. The highest BCUT2D eigenvalue weighted by atomic mass is 35.5. The molecule has 0 unspecified atom stereocenters. The molecule has 0 spiro atoms. The van der Waals surface area contributed by atoms with Crippen molar-refractivity contribution in [2.24, 2.45) is 13.0 Å². The van der Waals surface area contributed by atoms with Gasteiger partial charge in [0.2, 0.25) is 15.9 Å². The van der Waals surface area contributed by atoms with Crippen molar-refractivity contribution in [1.29, 1.82) is 0 Å². The van der Waals surface area contributed by atoms with Crippen LogP contribution in [0.4, 0.5) is 5.69 Å². The number of piperidine rings is 1. The molecule has 26 heavy (non-hydrogen) atoms. The van der Waals surface area contributed by atoms with Crippen LogP contribution in [0, 0.1) is 12.8 Å². The first-order valence-electron chi connectivity index (χ1n) is 8.46. The Morgan fingerprint density at radius 1 is 1.23 bits per heavy atom. The normalized spacial score (nSPS) is 16.6. The predicted octanol–water partition coefficient (Wildman–Crippen LogP) is 3.03. The van der Waals surface area contributed by atoms with E-state index in [1.165, 1.54) is 4.31 Å². The van der Waals surface area contributed by atoms with Crippen molar-refractivity contribution >= 4 is 33.2 Å². The highest BCUT2D eigenvalue weighted by Gasteiger charge is 2.32. The number of nitrogens with zero attached hydrogens (tertiary/aromatic N) is 2. The van der Waals surface area contributed by atoms with Crippen LogP contribution < -0.4 is 5.32 Å². The van der Waals surface area contributed by atoms with Gasteiger partial charge in [-0.05, 0) is 43.5 Å². The molecule has 1 N–H and O–H groups in total. The molecule has 1 aromatic carbocycles. The summed E-state index contributed by atoms with van der Waals surface area (Å²) < 4.78 is 28.4. The average Bonchev–Trinajstić information content (AvgIpc) is 3.05. The summed E-state index contributed by atoms with van der Waals surface area (Å²) in [5, 5.41) is 3.36. The molecular weight excluding hydrogens is 374 g/mol. The van der Waals surface area contributed by atoms with Gasteiger partial charge in [-0.15, -0.1) is 0 Å². The van der Waals surface area contributed by atoms with Gasteiger partial charge in [-0.3, -0.25) is 4.79 Å². The van der Waals surface area contributed by atoms with Gasteiger partial charge < -0.3 is 9.88 Å². The molecule has 3 rings (SSSR count). The number of amides is 1. The van der Waals surface area contributed by atoms with E-state index in [-0.39, 0.29) is 16.7 Å². The Morgan fingerprint density at radius 2 is 1.92 bits per heavy atom. The van der Waals surface area contributed by atoms with E-state index in [9.17, 15) is 13.2 Å². The number of aromatic nitrogens is 1. The third kappa shape index (κ3) is 3.95. The minimum Gasteiger partial charge on any atom is -0.356 e. The summed E-state index contributed by atoms with van der Waals surface area (Å²) in [5.41, 5.74) is 1.61. The Bertz CT molecular complexity index is 916. The van der Waals surface area contributed by atoms with E-state index in [1.807, 2.05) is 13.0 Å². The fourth-order valence-corrected chi connectivity index (χ4v) is 4.90. The number of nitrogens with one attached hydrogen (secondary N) is 1. The molecule has 0 bridgehead atoms. The van der Waals surface area contributed by atoms with Crippen molar-refractivity contribution < 1.29 is 13.2 Å².